The lowest BCUT2D eigenvalue weighted by Crippen LogP contribution is -2.54. The third-order valence-electron chi connectivity index (χ3n) is 8.06. The van der Waals surface area contributed by atoms with E-state index in [9.17, 15) is 22.8 Å². The van der Waals surface area contributed by atoms with E-state index < -0.39 is 52.6 Å². The minimum absolute atomic E-state index is 0.00499. The monoisotopic (exact) mass is 762 g/mol. The molecule has 2 amide bonds. The van der Waals surface area contributed by atoms with Crippen LogP contribution in [0.4, 0.5) is 22.0 Å². The van der Waals surface area contributed by atoms with Gasteiger partial charge in [-0.3, -0.25) is 9.59 Å². The van der Waals surface area contributed by atoms with Crippen molar-refractivity contribution in [3.8, 4) is 5.75 Å². The lowest BCUT2D eigenvalue weighted by atomic mass is 9.87. The molecule has 1 fully saturated rings. The van der Waals surface area contributed by atoms with Crippen LogP contribution < -0.4 is 10.1 Å². The number of rotatable bonds is 15. The number of hydrogen-bond acceptors (Lipinski definition) is 4. The van der Waals surface area contributed by atoms with E-state index >= 15 is 8.78 Å². The van der Waals surface area contributed by atoms with Crippen LogP contribution in [0.3, 0.4) is 0 Å². The van der Waals surface area contributed by atoms with Crippen LogP contribution in [-0.4, -0.2) is 39.0 Å². The van der Waals surface area contributed by atoms with Crippen LogP contribution in [0.15, 0.2) is 46.9 Å². The molecule has 1 atom stereocenters. The summed E-state index contributed by atoms with van der Waals surface area (Å²) in [7, 11) is 0. The van der Waals surface area contributed by atoms with Crippen molar-refractivity contribution < 1.29 is 36.3 Å². The number of nitrogens with one attached hydrogen (secondary N) is 1. The Kier molecular flexibility index (Phi) is 12.8. The third-order valence-corrected chi connectivity index (χ3v) is 10.1. The molecule has 5 nitrogen and oxygen atoms in total. The Hall–Kier alpha value is -2.61. The Morgan fingerprint density at radius 1 is 0.933 bits per heavy atom. The standard InChI is InChI=1S/C33H36F5IN2O3S/c1-33-10-9-21(32(43)40-18-24-26(35)14-22(34)15-27(24)36)13-30(33)45-20-31(42)41(33)19-25-28(37)16-23(17-29(25)38)44-12-8-6-4-2-3-5-7-11-39/h9,13-17H,2-8,10-12,18-20H2,1H3,(H,40,43). The summed E-state index contributed by atoms with van der Waals surface area (Å²) in [6.07, 6.45) is 11.0. The molecular formula is C33H36F5IN2O3S. The van der Waals surface area contributed by atoms with E-state index in [2.05, 4.69) is 27.9 Å². The van der Waals surface area contributed by atoms with Gasteiger partial charge in [0.2, 0.25) is 5.91 Å². The van der Waals surface area contributed by atoms with Crippen LogP contribution in [0.1, 0.15) is 69.4 Å². The largest absolute Gasteiger partial charge is 0.493 e. The van der Waals surface area contributed by atoms with Gasteiger partial charge in [0.25, 0.3) is 5.91 Å². The maximum atomic E-state index is 15.2. The van der Waals surface area contributed by atoms with Crippen LogP contribution in [0.25, 0.3) is 0 Å². The maximum absolute atomic E-state index is 15.2. The Labute approximate surface area is 278 Å². The molecular weight excluding hydrogens is 726 g/mol. The van der Waals surface area contributed by atoms with Crippen molar-refractivity contribution in [2.45, 2.75) is 76.9 Å². The van der Waals surface area contributed by atoms with Crippen molar-refractivity contribution in [1.29, 1.82) is 0 Å². The van der Waals surface area contributed by atoms with Gasteiger partial charge in [-0.2, -0.15) is 0 Å². The van der Waals surface area contributed by atoms with Crippen LogP contribution in [0.5, 0.6) is 5.75 Å². The molecule has 2 aromatic rings. The van der Waals surface area contributed by atoms with Crippen molar-refractivity contribution >= 4 is 46.2 Å². The summed E-state index contributed by atoms with van der Waals surface area (Å²) in [5.74, 6) is -5.74. The zero-order chi connectivity index (χ0) is 32.6. The van der Waals surface area contributed by atoms with Gasteiger partial charge in [0.05, 0.1) is 24.4 Å². The molecule has 2 aliphatic rings. The third kappa shape index (κ3) is 9.02. The Morgan fingerprint density at radius 2 is 1.53 bits per heavy atom. The Bertz CT molecular complexity index is 1420. The molecule has 0 saturated carbocycles. The van der Waals surface area contributed by atoms with E-state index in [0.29, 0.717) is 23.6 Å². The number of halogens is 6. The number of nitrogens with zero attached hydrogens (tertiary/aromatic N) is 1. The van der Waals surface area contributed by atoms with E-state index in [1.54, 1.807) is 19.1 Å². The summed E-state index contributed by atoms with van der Waals surface area (Å²) in [5, 5.41) is 2.44. The number of benzene rings is 2. The average Bonchev–Trinajstić information content (AvgIpc) is 2.98. The Balaban J connectivity index is 1.36. The second-order valence-corrected chi connectivity index (χ2v) is 13.4. The summed E-state index contributed by atoms with van der Waals surface area (Å²) in [4.78, 5) is 27.9. The molecule has 12 heteroatoms. The van der Waals surface area contributed by atoms with Gasteiger partial charge in [-0.05, 0) is 36.7 Å². The molecule has 45 heavy (non-hydrogen) atoms. The van der Waals surface area contributed by atoms with Gasteiger partial charge >= 0.3 is 0 Å². The first-order valence-corrected chi connectivity index (χ1v) is 17.5. The highest BCUT2D eigenvalue weighted by atomic mass is 127. The quantitative estimate of drug-likeness (QED) is 0.0860. The zero-order valence-electron chi connectivity index (χ0n) is 25.0. The number of thioether (sulfide) groups is 1. The molecule has 1 aliphatic heterocycles. The van der Waals surface area contributed by atoms with Gasteiger partial charge in [-0.1, -0.05) is 60.8 Å². The summed E-state index contributed by atoms with van der Waals surface area (Å²) in [6, 6.07) is 3.35. The molecule has 1 unspecified atom stereocenters. The van der Waals surface area contributed by atoms with E-state index in [4.69, 9.17) is 4.74 Å². The van der Waals surface area contributed by atoms with Crippen molar-refractivity contribution in [2.75, 3.05) is 16.8 Å². The number of carbonyl (C=O) groups is 2. The van der Waals surface area contributed by atoms with E-state index in [-0.39, 0.29) is 41.5 Å². The van der Waals surface area contributed by atoms with Gasteiger partial charge < -0.3 is 15.0 Å². The second kappa shape index (κ2) is 16.3. The predicted molar refractivity (Wildman–Crippen MR) is 173 cm³/mol. The summed E-state index contributed by atoms with van der Waals surface area (Å²) >= 11 is 3.60. The maximum Gasteiger partial charge on any atom is 0.251 e. The SMILES string of the molecule is CC12CC=C(C(=O)NCc3c(F)cc(F)cc3F)C=C1SCC(=O)N2Cc1c(F)cc(OCCCCCCCCCI)cc1F. The van der Waals surface area contributed by atoms with Gasteiger partial charge in [-0.25, -0.2) is 22.0 Å². The number of amides is 2. The van der Waals surface area contributed by atoms with Gasteiger partial charge in [0.1, 0.15) is 34.8 Å². The van der Waals surface area contributed by atoms with Crippen molar-refractivity contribution in [3.05, 3.63) is 87.1 Å². The average molecular weight is 763 g/mol. The van der Waals surface area contributed by atoms with Crippen molar-refractivity contribution in [3.63, 3.8) is 0 Å². The highest BCUT2D eigenvalue weighted by Crippen LogP contribution is 2.45. The molecule has 2 aromatic carbocycles. The highest BCUT2D eigenvalue weighted by molar-refractivity contribution is 14.1. The smallest absolute Gasteiger partial charge is 0.251 e. The number of unbranched alkanes of at least 4 members (excludes halogenated alkanes) is 6. The lowest BCUT2D eigenvalue weighted by molar-refractivity contribution is -0.134. The molecule has 244 valence electrons. The fourth-order valence-corrected chi connectivity index (χ4v) is 7.06. The number of hydrogen-bond donors (Lipinski definition) is 1. The molecule has 1 N–H and O–H groups in total. The first-order valence-electron chi connectivity index (χ1n) is 15.0. The fourth-order valence-electron chi connectivity index (χ4n) is 5.37. The summed E-state index contributed by atoms with van der Waals surface area (Å²) in [6.45, 7) is 1.30. The van der Waals surface area contributed by atoms with Crippen LogP contribution in [-0.2, 0) is 22.7 Å². The molecule has 0 aromatic heterocycles. The van der Waals surface area contributed by atoms with Crippen LogP contribution in [0, 0.1) is 29.1 Å². The van der Waals surface area contributed by atoms with Crippen molar-refractivity contribution in [2.24, 2.45) is 0 Å². The first-order chi connectivity index (χ1) is 21.5. The number of carbonyl (C=O) groups excluding carboxylic acids is 2. The van der Waals surface area contributed by atoms with Crippen molar-refractivity contribution in [1.82, 2.24) is 10.2 Å². The minimum atomic E-state index is -1.12. The summed E-state index contributed by atoms with van der Waals surface area (Å²) < 4.78 is 78.3. The fraction of sp³-hybridized carbons (Fsp3) is 0.455. The summed E-state index contributed by atoms with van der Waals surface area (Å²) in [5.41, 5.74) is -1.49. The lowest BCUT2D eigenvalue weighted by Gasteiger charge is -2.47. The Morgan fingerprint density at radius 3 is 2.18 bits per heavy atom. The molecule has 0 bridgehead atoms. The topological polar surface area (TPSA) is 58.6 Å². The van der Waals surface area contributed by atoms with E-state index in [0.717, 1.165) is 31.4 Å². The predicted octanol–water partition coefficient (Wildman–Crippen LogP) is 8.29. The van der Waals surface area contributed by atoms with E-state index in [1.165, 1.54) is 46.8 Å². The normalized spacial score (nSPS) is 17.9. The molecule has 0 radical (unpaired) electrons. The number of alkyl halides is 1. The van der Waals surface area contributed by atoms with Crippen LogP contribution >= 0.6 is 34.4 Å². The van der Waals surface area contributed by atoms with Gasteiger partial charge in [0.15, 0.2) is 0 Å². The van der Waals surface area contributed by atoms with E-state index in [1.807, 2.05) is 0 Å². The number of ether oxygens (including phenoxy) is 1. The molecule has 0 spiro atoms. The molecule has 1 aliphatic carbocycles. The number of fused-ring (bicyclic) bond motifs is 1. The zero-order valence-corrected chi connectivity index (χ0v) is 28.0. The van der Waals surface area contributed by atoms with Gasteiger partial charge in [0, 0.05) is 52.4 Å². The molecule has 4 rings (SSSR count). The van der Waals surface area contributed by atoms with Crippen LogP contribution in [0.2, 0.25) is 0 Å². The molecule has 1 saturated heterocycles. The minimum Gasteiger partial charge on any atom is -0.493 e. The molecule has 1 heterocycles. The first kappa shape index (κ1) is 35.2. The van der Waals surface area contributed by atoms with Gasteiger partial charge in [-0.15, -0.1) is 11.8 Å². The second-order valence-electron chi connectivity index (χ2n) is 11.3. The highest BCUT2D eigenvalue weighted by Gasteiger charge is 2.44.